The van der Waals surface area contributed by atoms with Gasteiger partial charge in [0.15, 0.2) is 5.17 Å². The Hall–Kier alpha value is -1.92. The fraction of sp³-hybridized carbons (Fsp3) is 0.176. The molecule has 1 heterocycles. The van der Waals surface area contributed by atoms with E-state index in [1.807, 2.05) is 54.6 Å². The molecule has 6 heteroatoms. The summed E-state index contributed by atoms with van der Waals surface area (Å²) in [6.07, 6.45) is 0. The predicted octanol–water partition coefficient (Wildman–Crippen LogP) is 3.59. The van der Waals surface area contributed by atoms with Crippen molar-refractivity contribution < 1.29 is 9.53 Å². The molecule has 1 N–H and O–H groups in total. The number of rotatable bonds is 3. The molecule has 0 radical (unpaired) electrons. The van der Waals surface area contributed by atoms with Crippen LogP contribution in [0.2, 0.25) is 0 Å². The lowest BCUT2D eigenvalue weighted by Gasteiger charge is -2.28. The van der Waals surface area contributed by atoms with E-state index in [0.29, 0.717) is 5.17 Å². The molecular formula is C17H16N2O2S2. The third-order valence-electron chi connectivity index (χ3n) is 3.46. The highest BCUT2D eigenvalue weighted by Gasteiger charge is 2.34. The van der Waals surface area contributed by atoms with Crippen molar-refractivity contribution in [2.45, 2.75) is 10.5 Å². The molecule has 23 heavy (non-hydrogen) atoms. The number of aliphatic imine (C=N–C) groups is 1. The molecule has 2 aromatic carbocycles. The van der Waals surface area contributed by atoms with Gasteiger partial charge in [-0.05, 0) is 29.8 Å². The molecule has 0 spiro atoms. The predicted molar refractivity (Wildman–Crippen MR) is 97.8 cm³/mol. The maximum absolute atomic E-state index is 12.2. The smallest absolute Gasteiger partial charge is 0.240 e. The van der Waals surface area contributed by atoms with Gasteiger partial charge in [0.25, 0.3) is 0 Å². The van der Waals surface area contributed by atoms with Gasteiger partial charge >= 0.3 is 0 Å². The average molecular weight is 344 g/mol. The summed E-state index contributed by atoms with van der Waals surface area (Å²) in [6.45, 7) is 0. The number of para-hydroxylation sites is 1. The molecule has 1 aliphatic rings. The summed E-state index contributed by atoms with van der Waals surface area (Å²) in [5, 5.41) is 2.88. The Morgan fingerprint density at radius 2 is 1.83 bits per heavy atom. The van der Waals surface area contributed by atoms with E-state index >= 15 is 0 Å². The van der Waals surface area contributed by atoms with Crippen molar-refractivity contribution in [1.82, 2.24) is 5.32 Å². The minimum atomic E-state index is -0.428. The van der Waals surface area contributed by atoms with E-state index in [-0.39, 0.29) is 11.2 Å². The van der Waals surface area contributed by atoms with Gasteiger partial charge in [-0.15, -0.1) is 0 Å². The molecule has 2 atom stereocenters. The summed E-state index contributed by atoms with van der Waals surface area (Å²) in [5.74, 6) is 0.649. The molecule has 2 aromatic rings. The number of carbonyl (C=O) groups excluding carboxylic acids is 1. The van der Waals surface area contributed by atoms with Crippen molar-refractivity contribution in [1.29, 1.82) is 0 Å². The molecular weight excluding hydrogens is 328 g/mol. The van der Waals surface area contributed by atoms with Crippen molar-refractivity contribution in [2.75, 3.05) is 7.11 Å². The highest BCUT2D eigenvalue weighted by molar-refractivity contribution is 8.14. The monoisotopic (exact) mass is 344 g/mol. The molecule has 1 saturated heterocycles. The highest BCUT2D eigenvalue weighted by atomic mass is 32.2. The van der Waals surface area contributed by atoms with Gasteiger partial charge in [-0.2, -0.15) is 12.6 Å². The summed E-state index contributed by atoms with van der Waals surface area (Å²) in [5.41, 5.74) is 1.83. The van der Waals surface area contributed by atoms with E-state index in [0.717, 1.165) is 17.0 Å². The lowest BCUT2D eigenvalue weighted by molar-refractivity contribution is -0.119. The Morgan fingerprint density at radius 3 is 2.48 bits per heavy atom. The zero-order chi connectivity index (χ0) is 16.2. The summed E-state index contributed by atoms with van der Waals surface area (Å²) < 4.78 is 5.18. The minimum absolute atomic E-state index is 0.0968. The minimum Gasteiger partial charge on any atom is -0.497 e. The van der Waals surface area contributed by atoms with Gasteiger partial charge in [-0.25, -0.2) is 4.99 Å². The molecule has 1 fully saturated rings. The topological polar surface area (TPSA) is 50.7 Å². The fourth-order valence-corrected chi connectivity index (χ4v) is 3.77. The van der Waals surface area contributed by atoms with Crippen LogP contribution in [0.25, 0.3) is 0 Å². The number of hydrogen-bond acceptors (Lipinski definition) is 5. The van der Waals surface area contributed by atoms with Gasteiger partial charge in [0.1, 0.15) is 5.75 Å². The van der Waals surface area contributed by atoms with Crippen molar-refractivity contribution in [3.05, 3.63) is 60.2 Å². The van der Waals surface area contributed by atoms with Gasteiger partial charge < -0.3 is 10.1 Å². The summed E-state index contributed by atoms with van der Waals surface area (Å²) in [6, 6.07) is 17.2. The first-order valence-corrected chi connectivity index (χ1v) is 8.50. The molecule has 0 aromatic heterocycles. The van der Waals surface area contributed by atoms with Gasteiger partial charge in [0.05, 0.1) is 23.3 Å². The number of carbonyl (C=O) groups is 1. The van der Waals surface area contributed by atoms with Crippen LogP contribution in [-0.2, 0) is 4.79 Å². The lowest BCUT2D eigenvalue weighted by atomic mass is 10.1. The van der Waals surface area contributed by atoms with Crippen LogP contribution in [-0.4, -0.2) is 23.4 Å². The molecule has 3 rings (SSSR count). The van der Waals surface area contributed by atoms with Crippen molar-refractivity contribution in [3.63, 3.8) is 0 Å². The second-order valence-electron chi connectivity index (χ2n) is 5.00. The van der Waals surface area contributed by atoms with E-state index in [1.54, 1.807) is 7.11 Å². The van der Waals surface area contributed by atoms with E-state index in [9.17, 15) is 4.79 Å². The van der Waals surface area contributed by atoms with Crippen LogP contribution in [0, 0.1) is 0 Å². The van der Waals surface area contributed by atoms with E-state index in [4.69, 9.17) is 4.74 Å². The zero-order valence-corrected chi connectivity index (χ0v) is 14.2. The maximum Gasteiger partial charge on any atom is 0.240 e. The van der Waals surface area contributed by atoms with Crippen LogP contribution >= 0.6 is 24.4 Å². The maximum atomic E-state index is 12.2. The Kier molecular flexibility index (Phi) is 4.93. The number of nitrogens with one attached hydrogen (secondary N) is 1. The molecule has 0 aliphatic carbocycles. The standard InChI is InChI=1S/C17H16N2O2S2/c1-21-13-9-7-11(8-10-13)15-14(22)16(20)19-17(23-15)18-12-5-3-2-4-6-12/h2-10,14-15,22H,1H3,(H,18,19,20)/t14-,15-/m1/s1. The first kappa shape index (κ1) is 16.0. The number of thiol groups is 1. The van der Waals surface area contributed by atoms with Crippen LogP contribution < -0.4 is 10.1 Å². The number of thioether (sulfide) groups is 1. The highest BCUT2D eigenvalue weighted by Crippen LogP contribution is 2.39. The SMILES string of the molecule is COc1ccc([C@H]2SC(=Nc3ccccc3)NC(=O)[C@@H]2S)cc1. The third kappa shape index (κ3) is 3.71. The molecule has 0 saturated carbocycles. The summed E-state index contributed by atoms with van der Waals surface area (Å²) in [4.78, 5) is 16.7. The Morgan fingerprint density at radius 1 is 1.13 bits per heavy atom. The van der Waals surface area contributed by atoms with Crippen molar-refractivity contribution in [3.8, 4) is 5.75 Å². The number of ether oxygens (including phenoxy) is 1. The molecule has 1 amide bonds. The largest absolute Gasteiger partial charge is 0.497 e. The summed E-state index contributed by atoms with van der Waals surface area (Å²) in [7, 11) is 1.63. The van der Waals surface area contributed by atoms with Gasteiger partial charge in [0.2, 0.25) is 5.91 Å². The van der Waals surface area contributed by atoms with Gasteiger partial charge in [-0.3, -0.25) is 4.79 Å². The third-order valence-corrected chi connectivity index (χ3v) is 5.40. The van der Waals surface area contributed by atoms with Gasteiger partial charge in [-0.1, -0.05) is 42.1 Å². The van der Waals surface area contributed by atoms with E-state index in [1.165, 1.54) is 11.8 Å². The molecule has 118 valence electrons. The van der Waals surface area contributed by atoms with Crippen LogP contribution in [0.3, 0.4) is 0 Å². The normalized spacial score (nSPS) is 22.7. The average Bonchev–Trinajstić information content (AvgIpc) is 2.59. The van der Waals surface area contributed by atoms with Crippen molar-refractivity contribution >= 4 is 41.2 Å². The van der Waals surface area contributed by atoms with Crippen LogP contribution in [0.5, 0.6) is 5.75 Å². The van der Waals surface area contributed by atoms with E-state index in [2.05, 4.69) is 22.9 Å². The first-order chi connectivity index (χ1) is 11.2. The summed E-state index contributed by atoms with van der Waals surface area (Å²) >= 11 is 5.96. The second-order valence-corrected chi connectivity index (χ2v) is 6.68. The van der Waals surface area contributed by atoms with Gasteiger partial charge in [0, 0.05) is 0 Å². The number of benzene rings is 2. The Balaban J connectivity index is 1.87. The van der Waals surface area contributed by atoms with Crippen LogP contribution in [0.1, 0.15) is 10.8 Å². The number of hydrogen-bond donors (Lipinski definition) is 2. The molecule has 0 bridgehead atoms. The Bertz CT molecular complexity index is 717. The van der Waals surface area contributed by atoms with Crippen LogP contribution in [0.4, 0.5) is 5.69 Å². The Labute approximate surface area is 144 Å². The quantitative estimate of drug-likeness (QED) is 0.837. The number of amidine groups is 1. The van der Waals surface area contributed by atoms with Crippen LogP contribution in [0.15, 0.2) is 59.6 Å². The van der Waals surface area contributed by atoms with Crippen molar-refractivity contribution in [2.24, 2.45) is 4.99 Å². The zero-order valence-electron chi connectivity index (χ0n) is 12.5. The molecule has 1 aliphatic heterocycles. The molecule has 4 nitrogen and oxygen atoms in total. The number of nitrogens with zero attached hydrogens (tertiary/aromatic N) is 1. The number of amides is 1. The number of methoxy groups -OCH3 is 1. The first-order valence-electron chi connectivity index (χ1n) is 7.10. The fourth-order valence-electron chi connectivity index (χ4n) is 2.25. The lowest BCUT2D eigenvalue weighted by Crippen LogP contribution is -2.42. The second kappa shape index (κ2) is 7.10. The molecule has 0 unspecified atom stereocenters. The van der Waals surface area contributed by atoms with E-state index < -0.39 is 5.25 Å².